The number of furan rings is 1. The fourth-order valence-electron chi connectivity index (χ4n) is 2.13. The van der Waals surface area contributed by atoms with Gasteiger partial charge in [0.2, 0.25) is 10.9 Å². The van der Waals surface area contributed by atoms with E-state index in [1.54, 1.807) is 35.3 Å². The summed E-state index contributed by atoms with van der Waals surface area (Å²) in [6.45, 7) is 0. The third kappa shape index (κ3) is 2.95. The molecule has 1 aromatic carbocycles. The first-order chi connectivity index (χ1) is 11.8. The zero-order chi connectivity index (χ0) is 16.4. The number of carbonyl (C=O) groups is 1. The number of rotatable bonds is 4. The summed E-state index contributed by atoms with van der Waals surface area (Å²) in [4.78, 5) is 12.7. The molecule has 0 fully saturated rings. The molecule has 24 heavy (non-hydrogen) atoms. The van der Waals surface area contributed by atoms with Gasteiger partial charge in [-0.05, 0) is 30.3 Å². The van der Waals surface area contributed by atoms with Crippen molar-refractivity contribution in [3.8, 4) is 10.6 Å². The Bertz CT molecular complexity index is 988. The second-order valence-electron chi connectivity index (χ2n) is 4.88. The Balaban J connectivity index is 1.52. The third-order valence-electron chi connectivity index (χ3n) is 3.21. The molecule has 0 unspecified atom stereocenters. The number of hydrogen-bond acceptors (Lipinski definition) is 6. The third-order valence-corrected chi connectivity index (χ3v) is 4.17. The number of amides is 1. The van der Waals surface area contributed by atoms with E-state index in [4.69, 9.17) is 4.42 Å². The lowest BCUT2D eigenvalue weighted by Crippen LogP contribution is -2.07. The highest BCUT2D eigenvalue weighted by molar-refractivity contribution is 7.19. The summed E-state index contributed by atoms with van der Waals surface area (Å²) in [5, 5.41) is 15.8. The van der Waals surface area contributed by atoms with Gasteiger partial charge in [-0.25, -0.2) is 0 Å². The van der Waals surface area contributed by atoms with E-state index in [9.17, 15) is 4.79 Å². The molecule has 3 heterocycles. The van der Waals surface area contributed by atoms with E-state index in [1.165, 1.54) is 17.4 Å². The maximum Gasteiger partial charge on any atom is 0.248 e. The van der Waals surface area contributed by atoms with E-state index in [0.29, 0.717) is 11.4 Å². The quantitative estimate of drug-likeness (QED) is 0.578. The summed E-state index contributed by atoms with van der Waals surface area (Å²) in [6, 6.07) is 11.0. The van der Waals surface area contributed by atoms with Gasteiger partial charge in [-0.2, -0.15) is 9.61 Å². The maximum absolute atomic E-state index is 12.0. The van der Waals surface area contributed by atoms with Crippen molar-refractivity contribution in [3.63, 3.8) is 0 Å². The number of benzene rings is 1. The van der Waals surface area contributed by atoms with Gasteiger partial charge >= 0.3 is 0 Å². The van der Waals surface area contributed by atoms with Crippen molar-refractivity contribution in [1.29, 1.82) is 0 Å². The largest absolute Gasteiger partial charge is 0.465 e. The normalized spacial score (nSPS) is 11.3. The lowest BCUT2D eigenvalue weighted by Gasteiger charge is -2.03. The zero-order valence-electron chi connectivity index (χ0n) is 12.3. The van der Waals surface area contributed by atoms with Crippen molar-refractivity contribution in [2.24, 2.45) is 0 Å². The Hall–Kier alpha value is -3.26. The first-order valence-electron chi connectivity index (χ1n) is 7.08. The summed E-state index contributed by atoms with van der Waals surface area (Å²) in [7, 11) is 0. The smallest absolute Gasteiger partial charge is 0.248 e. The molecule has 0 saturated heterocycles. The van der Waals surface area contributed by atoms with Crippen molar-refractivity contribution in [3.05, 3.63) is 60.8 Å². The van der Waals surface area contributed by atoms with Gasteiger partial charge in [-0.1, -0.05) is 23.5 Å². The van der Waals surface area contributed by atoms with Crippen molar-refractivity contribution in [2.75, 3.05) is 5.32 Å². The second kappa shape index (κ2) is 6.09. The minimum absolute atomic E-state index is 0.235. The number of aromatic nitrogens is 4. The average Bonchev–Trinajstić information content (AvgIpc) is 3.30. The molecular formula is C16H11N5O2S. The van der Waals surface area contributed by atoms with Gasteiger partial charge in [-0.3, -0.25) is 4.79 Å². The summed E-state index contributed by atoms with van der Waals surface area (Å²) in [5.41, 5.74) is 1.59. The van der Waals surface area contributed by atoms with Crippen LogP contribution in [0.3, 0.4) is 0 Å². The first-order valence-corrected chi connectivity index (χ1v) is 7.89. The predicted molar refractivity (Wildman–Crippen MR) is 90.5 cm³/mol. The highest BCUT2D eigenvalue weighted by atomic mass is 32.1. The molecule has 0 bridgehead atoms. The Morgan fingerprint density at radius 2 is 2.25 bits per heavy atom. The Morgan fingerprint density at radius 3 is 3.08 bits per heavy atom. The van der Waals surface area contributed by atoms with Crippen LogP contribution in [0.5, 0.6) is 0 Å². The van der Waals surface area contributed by atoms with Crippen molar-refractivity contribution < 1.29 is 9.21 Å². The number of nitrogens with one attached hydrogen (secondary N) is 1. The minimum Gasteiger partial charge on any atom is -0.465 e. The fraction of sp³-hybridized carbons (Fsp3) is 0. The monoisotopic (exact) mass is 337 g/mol. The van der Waals surface area contributed by atoms with Crippen LogP contribution in [0.4, 0.5) is 5.69 Å². The van der Waals surface area contributed by atoms with E-state index in [2.05, 4.69) is 20.6 Å². The molecule has 0 radical (unpaired) electrons. The lowest BCUT2D eigenvalue weighted by atomic mass is 10.2. The highest BCUT2D eigenvalue weighted by Gasteiger charge is 2.08. The molecule has 0 aliphatic carbocycles. The second-order valence-corrected chi connectivity index (χ2v) is 5.84. The van der Waals surface area contributed by atoms with Crippen LogP contribution < -0.4 is 5.32 Å². The average molecular weight is 337 g/mol. The summed E-state index contributed by atoms with van der Waals surface area (Å²) < 4.78 is 6.77. The maximum atomic E-state index is 12.0. The zero-order valence-corrected chi connectivity index (χ0v) is 13.1. The van der Waals surface area contributed by atoms with Crippen molar-refractivity contribution in [1.82, 2.24) is 19.8 Å². The summed E-state index contributed by atoms with van der Waals surface area (Å²) in [5.74, 6) is 0.389. The molecule has 0 spiro atoms. The molecule has 0 saturated carbocycles. The van der Waals surface area contributed by atoms with Crippen LogP contribution in [0.25, 0.3) is 21.6 Å². The number of carbonyl (C=O) groups excluding carboxylic acids is 1. The molecule has 0 aliphatic rings. The Labute approximate surface area is 140 Å². The molecule has 4 rings (SSSR count). The van der Waals surface area contributed by atoms with Crippen LogP contribution >= 0.6 is 11.3 Å². The number of hydrogen-bond donors (Lipinski definition) is 1. The van der Waals surface area contributed by atoms with Crippen LogP contribution in [0.15, 0.2) is 59.5 Å². The molecule has 1 N–H and O–H groups in total. The Kier molecular flexibility index (Phi) is 3.64. The van der Waals surface area contributed by atoms with Gasteiger partial charge < -0.3 is 9.73 Å². The highest BCUT2D eigenvalue weighted by Crippen LogP contribution is 2.26. The molecular weight excluding hydrogens is 326 g/mol. The standard InChI is InChI=1S/C16H11N5O2S/c22-14(7-6-13-5-2-8-23-13)18-12-4-1-3-11(9-12)15-20-21-10-17-19-16(21)24-15/h1-10H,(H,18,22). The van der Waals surface area contributed by atoms with Crippen LogP contribution in [0.1, 0.15) is 5.76 Å². The molecule has 8 heteroatoms. The number of fused-ring (bicyclic) bond motifs is 1. The minimum atomic E-state index is -0.235. The lowest BCUT2D eigenvalue weighted by molar-refractivity contribution is -0.111. The van der Waals surface area contributed by atoms with Gasteiger partial charge in [0.05, 0.1) is 6.26 Å². The van der Waals surface area contributed by atoms with Crippen molar-refractivity contribution >= 4 is 34.0 Å². The molecule has 118 valence electrons. The van der Waals surface area contributed by atoms with E-state index in [-0.39, 0.29) is 5.91 Å². The SMILES string of the molecule is O=C(C=Cc1ccco1)Nc1cccc(-c2nn3cnnc3s2)c1. The molecule has 0 aliphatic heterocycles. The van der Waals surface area contributed by atoms with Gasteiger partial charge in [0.1, 0.15) is 17.1 Å². The van der Waals surface area contributed by atoms with Gasteiger partial charge in [0.15, 0.2) is 0 Å². The van der Waals surface area contributed by atoms with E-state index in [1.807, 2.05) is 24.3 Å². The molecule has 7 nitrogen and oxygen atoms in total. The van der Waals surface area contributed by atoms with Crippen LogP contribution in [-0.4, -0.2) is 25.7 Å². The van der Waals surface area contributed by atoms with Crippen LogP contribution in [-0.2, 0) is 4.79 Å². The molecule has 3 aromatic heterocycles. The summed E-state index contributed by atoms with van der Waals surface area (Å²) in [6.07, 6.45) is 6.15. The number of nitrogens with zero attached hydrogens (tertiary/aromatic N) is 4. The molecule has 0 atom stereocenters. The van der Waals surface area contributed by atoms with E-state index >= 15 is 0 Å². The van der Waals surface area contributed by atoms with Gasteiger partial charge in [0, 0.05) is 17.3 Å². The van der Waals surface area contributed by atoms with Crippen LogP contribution in [0, 0.1) is 0 Å². The topological polar surface area (TPSA) is 85.3 Å². The first kappa shape index (κ1) is 14.3. The molecule has 4 aromatic rings. The molecule has 1 amide bonds. The van der Waals surface area contributed by atoms with E-state index in [0.717, 1.165) is 15.5 Å². The Morgan fingerprint density at radius 1 is 1.29 bits per heavy atom. The predicted octanol–water partition coefficient (Wildman–Crippen LogP) is 3.10. The van der Waals surface area contributed by atoms with Crippen LogP contribution in [0.2, 0.25) is 0 Å². The van der Waals surface area contributed by atoms with E-state index < -0.39 is 0 Å². The van der Waals surface area contributed by atoms with Gasteiger partial charge in [0.25, 0.3) is 0 Å². The van der Waals surface area contributed by atoms with Crippen molar-refractivity contribution in [2.45, 2.75) is 0 Å². The fourth-order valence-corrected chi connectivity index (χ4v) is 2.95. The van der Waals surface area contributed by atoms with Gasteiger partial charge in [-0.15, -0.1) is 10.2 Å². The number of anilines is 1. The summed E-state index contributed by atoms with van der Waals surface area (Å²) >= 11 is 1.43.